The highest BCUT2D eigenvalue weighted by atomic mass is 19.4. The fourth-order valence-electron chi connectivity index (χ4n) is 3.27. The number of carbonyl (C=O) groups excluding carboxylic acids is 1. The predicted octanol–water partition coefficient (Wildman–Crippen LogP) is 4.53. The van der Waals surface area contributed by atoms with Crippen LogP contribution in [-0.4, -0.2) is 36.1 Å². The van der Waals surface area contributed by atoms with Crippen LogP contribution in [0.4, 0.5) is 19.0 Å². The van der Waals surface area contributed by atoms with E-state index in [0.717, 1.165) is 55.0 Å². The SMILES string of the molecule is COC(=O)c1cc(-c2ccccc2)cnc1N1CCCC1.O=c1ccc(C(F)(F)F)c[nH]1. The lowest BCUT2D eigenvalue weighted by atomic mass is 10.1. The Hall–Kier alpha value is -3.62. The van der Waals surface area contributed by atoms with Crippen molar-refractivity contribution in [1.29, 1.82) is 0 Å². The second-order valence-electron chi connectivity index (χ2n) is 7.09. The Morgan fingerprint density at radius 1 is 1.06 bits per heavy atom. The van der Waals surface area contributed by atoms with Gasteiger partial charge >= 0.3 is 12.1 Å². The second kappa shape index (κ2) is 10.1. The van der Waals surface area contributed by atoms with Gasteiger partial charge in [-0.25, -0.2) is 9.78 Å². The molecule has 1 fully saturated rings. The van der Waals surface area contributed by atoms with Crippen LogP contribution in [0.5, 0.6) is 0 Å². The number of hydrogen-bond donors (Lipinski definition) is 1. The van der Waals surface area contributed by atoms with Crippen molar-refractivity contribution in [3.8, 4) is 11.1 Å². The summed E-state index contributed by atoms with van der Waals surface area (Å²) in [6, 6.07) is 13.4. The van der Waals surface area contributed by atoms with Crippen LogP contribution in [0.3, 0.4) is 0 Å². The van der Waals surface area contributed by atoms with Gasteiger partial charge in [-0.2, -0.15) is 13.2 Å². The molecule has 0 atom stereocenters. The molecular formula is C23H22F3N3O3. The van der Waals surface area contributed by atoms with Crippen LogP contribution in [0, 0.1) is 0 Å². The van der Waals surface area contributed by atoms with Crippen LogP contribution in [0.15, 0.2) is 65.7 Å². The van der Waals surface area contributed by atoms with E-state index in [2.05, 4.69) is 9.88 Å². The van der Waals surface area contributed by atoms with Gasteiger partial charge in [-0.05, 0) is 30.5 Å². The highest BCUT2D eigenvalue weighted by Gasteiger charge is 2.30. The van der Waals surface area contributed by atoms with E-state index in [1.807, 2.05) is 47.6 Å². The van der Waals surface area contributed by atoms with Crippen LogP contribution in [0.2, 0.25) is 0 Å². The molecule has 0 bridgehead atoms. The summed E-state index contributed by atoms with van der Waals surface area (Å²) >= 11 is 0. The average molecular weight is 445 g/mol. The van der Waals surface area contributed by atoms with Gasteiger partial charge in [0.1, 0.15) is 11.4 Å². The fourth-order valence-corrected chi connectivity index (χ4v) is 3.27. The topological polar surface area (TPSA) is 75.3 Å². The van der Waals surface area contributed by atoms with E-state index in [1.54, 1.807) is 0 Å². The number of halogens is 3. The third-order valence-electron chi connectivity index (χ3n) is 4.90. The molecule has 1 aliphatic rings. The third kappa shape index (κ3) is 5.75. The molecule has 2 aromatic heterocycles. The largest absolute Gasteiger partial charge is 0.465 e. The number of H-pyrrole nitrogens is 1. The number of benzene rings is 1. The van der Waals surface area contributed by atoms with E-state index in [-0.39, 0.29) is 5.97 Å². The van der Waals surface area contributed by atoms with Crippen LogP contribution < -0.4 is 10.5 Å². The maximum atomic E-state index is 12.1. The normalized spacial score (nSPS) is 13.3. The number of nitrogens with zero attached hydrogens (tertiary/aromatic N) is 2. The molecule has 32 heavy (non-hydrogen) atoms. The standard InChI is InChI=1S/C17H18N2O2.C6H4F3NO/c1-21-17(20)15-11-14(13-7-3-2-4-8-13)12-18-16(15)19-9-5-6-10-19;7-6(8,9)4-1-2-5(11)10-3-4/h2-4,7-8,11-12H,5-6,9-10H2,1H3;1-3H,(H,10,11). The quantitative estimate of drug-likeness (QED) is 0.600. The van der Waals surface area contributed by atoms with E-state index in [0.29, 0.717) is 11.8 Å². The molecular weight excluding hydrogens is 423 g/mol. The van der Waals surface area contributed by atoms with Crippen molar-refractivity contribution >= 4 is 11.8 Å². The molecule has 0 aliphatic carbocycles. The molecule has 6 nitrogen and oxygen atoms in total. The summed E-state index contributed by atoms with van der Waals surface area (Å²) in [7, 11) is 1.41. The highest BCUT2D eigenvalue weighted by molar-refractivity contribution is 5.96. The molecule has 4 rings (SSSR count). The van der Waals surface area contributed by atoms with Crippen molar-refractivity contribution in [3.05, 3.63) is 82.4 Å². The Kier molecular flexibility index (Phi) is 7.29. The molecule has 1 aliphatic heterocycles. The van der Waals surface area contributed by atoms with E-state index in [1.165, 1.54) is 7.11 Å². The Morgan fingerprint density at radius 3 is 2.31 bits per heavy atom. The number of methoxy groups -OCH3 is 1. The first-order valence-corrected chi connectivity index (χ1v) is 9.94. The first-order chi connectivity index (χ1) is 15.3. The summed E-state index contributed by atoms with van der Waals surface area (Å²) in [6.07, 6.45) is 0.368. The van der Waals surface area contributed by atoms with Gasteiger partial charge < -0.3 is 14.6 Å². The highest BCUT2D eigenvalue weighted by Crippen LogP contribution is 2.28. The first-order valence-electron chi connectivity index (χ1n) is 9.94. The van der Waals surface area contributed by atoms with Crippen molar-refractivity contribution in [3.63, 3.8) is 0 Å². The van der Waals surface area contributed by atoms with Crippen LogP contribution in [-0.2, 0) is 10.9 Å². The summed E-state index contributed by atoms with van der Waals surface area (Å²) in [5.74, 6) is 0.404. The Bertz CT molecular complexity index is 1090. The molecule has 0 unspecified atom stereocenters. The van der Waals surface area contributed by atoms with Gasteiger partial charge in [0.05, 0.1) is 12.7 Å². The van der Waals surface area contributed by atoms with Crippen molar-refractivity contribution in [2.24, 2.45) is 0 Å². The van der Waals surface area contributed by atoms with E-state index < -0.39 is 17.3 Å². The summed E-state index contributed by atoms with van der Waals surface area (Å²) < 4.78 is 40.3. The van der Waals surface area contributed by atoms with Gasteiger partial charge in [0, 0.05) is 37.1 Å². The minimum absolute atomic E-state index is 0.331. The number of rotatable bonds is 3. The predicted molar refractivity (Wildman–Crippen MR) is 115 cm³/mol. The number of ether oxygens (including phenoxy) is 1. The van der Waals surface area contributed by atoms with Gasteiger partial charge in [0.15, 0.2) is 0 Å². The van der Waals surface area contributed by atoms with Crippen molar-refractivity contribution in [2.45, 2.75) is 19.0 Å². The second-order valence-corrected chi connectivity index (χ2v) is 7.09. The molecule has 1 saturated heterocycles. The number of carbonyl (C=O) groups is 1. The van der Waals surface area contributed by atoms with Crippen molar-refractivity contribution < 1.29 is 22.7 Å². The summed E-state index contributed by atoms with van der Waals surface area (Å²) in [4.78, 5) is 31.0. The number of hydrogen-bond acceptors (Lipinski definition) is 5. The maximum Gasteiger partial charge on any atom is 0.417 e. The minimum atomic E-state index is -4.38. The molecule has 1 aromatic carbocycles. The Morgan fingerprint density at radius 2 is 1.75 bits per heavy atom. The molecule has 3 aromatic rings. The summed E-state index contributed by atoms with van der Waals surface area (Å²) in [5.41, 5.74) is 1.12. The van der Waals surface area contributed by atoms with E-state index in [9.17, 15) is 22.8 Å². The van der Waals surface area contributed by atoms with Crippen LogP contribution >= 0.6 is 0 Å². The zero-order valence-electron chi connectivity index (χ0n) is 17.4. The number of pyridine rings is 2. The van der Waals surface area contributed by atoms with Gasteiger partial charge in [0.25, 0.3) is 0 Å². The third-order valence-corrected chi connectivity index (χ3v) is 4.90. The number of aromatic amines is 1. The molecule has 0 amide bonds. The molecule has 0 radical (unpaired) electrons. The monoisotopic (exact) mass is 445 g/mol. The van der Waals surface area contributed by atoms with Gasteiger partial charge in [-0.1, -0.05) is 30.3 Å². The van der Waals surface area contributed by atoms with Crippen molar-refractivity contribution in [2.75, 3.05) is 25.1 Å². The number of nitrogens with one attached hydrogen (secondary N) is 1. The molecule has 1 N–H and O–H groups in total. The van der Waals surface area contributed by atoms with E-state index >= 15 is 0 Å². The van der Waals surface area contributed by atoms with Crippen LogP contribution in [0.1, 0.15) is 28.8 Å². The Balaban J connectivity index is 0.000000222. The number of alkyl halides is 3. The lowest BCUT2D eigenvalue weighted by Crippen LogP contribution is -2.22. The lowest BCUT2D eigenvalue weighted by molar-refractivity contribution is -0.137. The zero-order chi connectivity index (χ0) is 23.1. The zero-order valence-corrected chi connectivity index (χ0v) is 17.4. The molecule has 3 heterocycles. The maximum absolute atomic E-state index is 12.1. The number of anilines is 1. The molecule has 0 saturated carbocycles. The summed E-state index contributed by atoms with van der Waals surface area (Å²) in [6.45, 7) is 1.89. The minimum Gasteiger partial charge on any atom is -0.465 e. The lowest BCUT2D eigenvalue weighted by Gasteiger charge is -2.19. The first kappa shape index (κ1) is 23.1. The number of esters is 1. The van der Waals surface area contributed by atoms with Gasteiger partial charge in [0.2, 0.25) is 5.56 Å². The molecule has 0 spiro atoms. The number of aromatic nitrogens is 2. The van der Waals surface area contributed by atoms with Crippen molar-refractivity contribution in [1.82, 2.24) is 9.97 Å². The van der Waals surface area contributed by atoms with Gasteiger partial charge in [-0.15, -0.1) is 0 Å². The Labute approximate surface area is 182 Å². The van der Waals surface area contributed by atoms with Crippen LogP contribution in [0.25, 0.3) is 11.1 Å². The fraction of sp³-hybridized carbons (Fsp3) is 0.261. The average Bonchev–Trinajstić information content (AvgIpc) is 3.34. The molecule has 9 heteroatoms. The molecule has 168 valence electrons. The summed E-state index contributed by atoms with van der Waals surface area (Å²) in [5, 5.41) is 0. The smallest absolute Gasteiger partial charge is 0.417 e. The van der Waals surface area contributed by atoms with Gasteiger partial charge in [-0.3, -0.25) is 4.79 Å². The van der Waals surface area contributed by atoms with E-state index in [4.69, 9.17) is 4.74 Å².